The number of fused-ring (bicyclic) bond motifs is 1. The van der Waals surface area contributed by atoms with Gasteiger partial charge in [-0.1, -0.05) is 0 Å². The number of methoxy groups -OCH3 is 1. The summed E-state index contributed by atoms with van der Waals surface area (Å²) < 4.78 is 13.7. The maximum atomic E-state index is 11.1. The van der Waals surface area contributed by atoms with E-state index in [4.69, 9.17) is 9.47 Å². The van der Waals surface area contributed by atoms with Crippen molar-refractivity contribution in [3.05, 3.63) is 45.5 Å². The second kappa shape index (κ2) is 6.33. The van der Waals surface area contributed by atoms with Crippen LogP contribution in [0.1, 0.15) is 6.92 Å². The summed E-state index contributed by atoms with van der Waals surface area (Å²) in [7, 11) is 1.62. The number of benzene rings is 2. The molecule has 118 valence electrons. The van der Waals surface area contributed by atoms with Crippen LogP contribution in [0.2, 0.25) is 0 Å². The molecule has 0 aliphatic carbocycles. The molecule has 0 aliphatic heterocycles. The number of nitrogens with zero attached hydrogens (tertiary/aromatic N) is 2. The molecule has 0 atom stereocenters. The number of hydrogen-bond donors (Lipinski definition) is 0. The standard InChI is InChI=1S/C16H12Br2N2O3/c1-9(21)23-11-3-5-14-12(7-11)16(18)20(19-14)15-6-4-10(22-2)8-13(15)17/h3-8H,1-2H3. The number of rotatable bonds is 3. The number of ether oxygens (including phenoxy) is 2. The van der Waals surface area contributed by atoms with Crippen LogP contribution in [0.3, 0.4) is 0 Å². The van der Waals surface area contributed by atoms with Crippen LogP contribution in [0.5, 0.6) is 11.5 Å². The number of carbonyl (C=O) groups is 1. The Bertz CT molecular complexity index is 906. The highest BCUT2D eigenvalue weighted by Crippen LogP contribution is 2.33. The summed E-state index contributed by atoms with van der Waals surface area (Å²) in [5.41, 5.74) is 1.65. The second-order valence-corrected chi connectivity index (χ2v) is 6.40. The number of hydrogen-bond acceptors (Lipinski definition) is 4. The molecule has 1 heterocycles. The van der Waals surface area contributed by atoms with E-state index in [1.165, 1.54) is 6.92 Å². The number of aromatic nitrogens is 2. The summed E-state index contributed by atoms with van der Waals surface area (Å²) in [6.07, 6.45) is 0. The first-order valence-corrected chi connectivity index (χ1v) is 8.29. The Balaban J connectivity index is 2.12. The van der Waals surface area contributed by atoms with Crippen molar-refractivity contribution in [3.8, 4) is 17.2 Å². The van der Waals surface area contributed by atoms with Gasteiger partial charge in [-0.25, -0.2) is 4.68 Å². The molecule has 2 aromatic carbocycles. The van der Waals surface area contributed by atoms with Crippen molar-refractivity contribution in [2.75, 3.05) is 7.11 Å². The Morgan fingerprint density at radius 1 is 1.13 bits per heavy atom. The van der Waals surface area contributed by atoms with Crippen molar-refractivity contribution in [2.45, 2.75) is 6.92 Å². The van der Waals surface area contributed by atoms with Gasteiger partial charge in [-0.15, -0.1) is 0 Å². The fourth-order valence-electron chi connectivity index (χ4n) is 2.21. The lowest BCUT2D eigenvalue weighted by atomic mass is 10.2. The molecule has 0 N–H and O–H groups in total. The van der Waals surface area contributed by atoms with Crippen molar-refractivity contribution < 1.29 is 14.3 Å². The highest BCUT2D eigenvalue weighted by atomic mass is 79.9. The first-order valence-electron chi connectivity index (χ1n) is 6.70. The van der Waals surface area contributed by atoms with Crippen molar-refractivity contribution in [2.24, 2.45) is 0 Å². The minimum Gasteiger partial charge on any atom is -0.497 e. The van der Waals surface area contributed by atoms with Crippen LogP contribution in [-0.4, -0.2) is 22.9 Å². The molecular weight excluding hydrogens is 428 g/mol. The van der Waals surface area contributed by atoms with Crippen LogP contribution in [0.15, 0.2) is 45.5 Å². The topological polar surface area (TPSA) is 53.4 Å². The molecule has 0 spiro atoms. The van der Waals surface area contributed by atoms with Crippen molar-refractivity contribution in [1.29, 1.82) is 0 Å². The van der Waals surface area contributed by atoms with Gasteiger partial charge in [-0.05, 0) is 68.3 Å². The number of esters is 1. The summed E-state index contributed by atoms with van der Waals surface area (Å²) in [4.78, 5) is 11.1. The van der Waals surface area contributed by atoms with Crippen LogP contribution in [0.4, 0.5) is 0 Å². The molecular formula is C16H12Br2N2O3. The average Bonchev–Trinajstić information content (AvgIpc) is 2.83. The van der Waals surface area contributed by atoms with Gasteiger partial charge >= 0.3 is 5.97 Å². The van der Waals surface area contributed by atoms with Crippen LogP contribution in [0.25, 0.3) is 16.6 Å². The molecule has 0 saturated heterocycles. The van der Waals surface area contributed by atoms with Gasteiger partial charge in [0.15, 0.2) is 0 Å². The number of halogens is 2. The average molecular weight is 440 g/mol. The molecule has 3 aromatic rings. The van der Waals surface area contributed by atoms with Crippen LogP contribution >= 0.6 is 31.9 Å². The third-order valence-corrected chi connectivity index (χ3v) is 4.63. The fraction of sp³-hybridized carbons (Fsp3) is 0.125. The molecule has 1 aromatic heterocycles. The highest BCUT2D eigenvalue weighted by Gasteiger charge is 2.14. The molecule has 7 heteroatoms. The smallest absolute Gasteiger partial charge is 0.308 e. The summed E-state index contributed by atoms with van der Waals surface area (Å²) in [6.45, 7) is 1.37. The maximum absolute atomic E-state index is 11.1. The van der Waals surface area contributed by atoms with Gasteiger partial charge in [0.25, 0.3) is 0 Å². The fourth-order valence-corrected chi connectivity index (χ4v) is 3.32. The van der Waals surface area contributed by atoms with E-state index in [-0.39, 0.29) is 5.97 Å². The van der Waals surface area contributed by atoms with Gasteiger partial charge < -0.3 is 9.47 Å². The van der Waals surface area contributed by atoms with Crippen LogP contribution in [0, 0.1) is 0 Å². The lowest BCUT2D eigenvalue weighted by Crippen LogP contribution is -2.00. The van der Waals surface area contributed by atoms with Gasteiger partial charge in [0.2, 0.25) is 0 Å². The lowest BCUT2D eigenvalue weighted by Gasteiger charge is -2.08. The quantitative estimate of drug-likeness (QED) is 0.445. The van der Waals surface area contributed by atoms with Crippen molar-refractivity contribution >= 4 is 48.7 Å². The van der Waals surface area contributed by atoms with E-state index in [9.17, 15) is 4.79 Å². The predicted octanol–water partition coefficient (Wildman–Crippen LogP) is 4.48. The second-order valence-electron chi connectivity index (χ2n) is 4.79. The van der Waals surface area contributed by atoms with E-state index < -0.39 is 0 Å². The Labute approximate surface area is 149 Å². The van der Waals surface area contributed by atoms with Crippen molar-refractivity contribution in [3.63, 3.8) is 0 Å². The molecule has 0 bridgehead atoms. The molecule has 0 saturated carbocycles. The van der Waals surface area contributed by atoms with Gasteiger partial charge in [-0.2, -0.15) is 5.10 Å². The third kappa shape index (κ3) is 3.11. The summed E-state index contributed by atoms with van der Waals surface area (Å²) in [5, 5.41) is 5.43. The molecule has 5 nitrogen and oxygen atoms in total. The zero-order chi connectivity index (χ0) is 16.6. The normalized spacial score (nSPS) is 10.8. The maximum Gasteiger partial charge on any atom is 0.308 e. The molecule has 3 rings (SSSR count). The van der Waals surface area contributed by atoms with E-state index in [0.717, 1.165) is 31.4 Å². The first kappa shape index (κ1) is 16.0. The van der Waals surface area contributed by atoms with Crippen LogP contribution in [-0.2, 0) is 4.79 Å². The van der Waals surface area contributed by atoms with Gasteiger partial charge in [0, 0.05) is 16.8 Å². The molecule has 0 unspecified atom stereocenters. The van der Waals surface area contributed by atoms with Crippen molar-refractivity contribution in [1.82, 2.24) is 9.78 Å². The minimum absolute atomic E-state index is 0.356. The van der Waals surface area contributed by atoms with E-state index in [1.54, 1.807) is 23.9 Å². The zero-order valence-electron chi connectivity index (χ0n) is 12.3. The monoisotopic (exact) mass is 438 g/mol. The largest absolute Gasteiger partial charge is 0.497 e. The summed E-state index contributed by atoms with van der Waals surface area (Å²) in [6, 6.07) is 11.0. The highest BCUT2D eigenvalue weighted by molar-refractivity contribution is 9.11. The molecule has 0 aliphatic rings. The van der Waals surface area contributed by atoms with E-state index >= 15 is 0 Å². The van der Waals surface area contributed by atoms with Gasteiger partial charge in [0.05, 0.1) is 18.3 Å². The minimum atomic E-state index is -0.356. The van der Waals surface area contributed by atoms with E-state index in [2.05, 4.69) is 37.0 Å². The molecule has 0 fully saturated rings. The summed E-state index contributed by atoms with van der Waals surface area (Å²) >= 11 is 7.10. The Hall–Kier alpha value is -1.86. The molecule has 23 heavy (non-hydrogen) atoms. The lowest BCUT2D eigenvalue weighted by molar-refractivity contribution is -0.131. The predicted molar refractivity (Wildman–Crippen MR) is 94.3 cm³/mol. The molecule has 0 amide bonds. The Morgan fingerprint density at radius 3 is 2.52 bits per heavy atom. The van der Waals surface area contributed by atoms with Gasteiger partial charge in [0.1, 0.15) is 16.1 Å². The molecule has 0 radical (unpaired) electrons. The SMILES string of the molecule is COc1ccc(-n2nc3ccc(OC(C)=O)cc3c2Br)c(Br)c1. The van der Waals surface area contributed by atoms with E-state index in [0.29, 0.717) is 5.75 Å². The van der Waals surface area contributed by atoms with E-state index in [1.807, 2.05) is 24.3 Å². The first-order chi connectivity index (χ1) is 11.0. The third-order valence-electron chi connectivity index (χ3n) is 3.23. The Kier molecular flexibility index (Phi) is 4.41. The Morgan fingerprint density at radius 2 is 1.87 bits per heavy atom. The zero-order valence-corrected chi connectivity index (χ0v) is 15.5. The number of carbonyl (C=O) groups excluding carboxylic acids is 1. The summed E-state index contributed by atoms with van der Waals surface area (Å²) in [5.74, 6) is 0.885. The van der Waals surface area contributed by atoms with Gasteiger partial charge in [-0.3, -0.25) is 4.79 Å². The van der Waals surface area contributed by atoms with Crippen LogP contribution < -0.4 is 9.47 Å².